The van der Waals surface area contributed by atoms with Gasteiger partial charge in [0.2, 0.25) is 5.95 Å². The summed E-state index contributed by atoms with van der Waals surface area (Å²) >= 11 is 0. The van der Waals surface area contributed by atoms with Crippen molar-refractivity contribution >= 4 is 17.5 Å². The van der Waals surface area contributed by atoms with Crippen molar-refractivity contribution in [3.8, 4) is 0 Å². The Hall–Kier alpha value is -3.02. The van der Waals surface area contributed by atoms with Gasteiger partial charge in [0.05, 0.1) is 6.04 Å². The topological polar surface area (TPSA) is 41.1 Å². The van der Waals surface area contributed by atoms with Crippen molar-refractivity contribution in [2.24, 2.45) is 0 Å². The van der Waals surface area contributed by atoms with Gasteiger partial charge in [-0.15, -0.1) is 0 Å². The molecule has 0 amide bonds. The van der Waals surface area contributed by atoms with Crippen LogP contribution in [0, 0.1) is 25.5 Å². The van der Waals surface area contributed by atoms with Crippen molar-refractivity contribution in [3.63, 3.8) is 0 Å². The van der Waals surface area contributed by atoms with Gasteiger partial charge >= 0.3 is 0 Å². The minimum Gasteiger partial charge on any atom is -0.349 e. The van der Waals surface area contributed by atoms with E-state index < -0.39 is 11.6 Å². The van der Waals surface area contributed by atoms with Gasteiger partial charge in [-0.05, 0) is 50.5 Å². The van der Waals surface area contributed by atoms with E-state index >= 15 is 0 Å². The number of fused-ring (bicyclic) bond motifs is 1. The fraction of sp³-hybridized carbons (Fsp3) is 0.273. The molecule has 4 rings (SSSR count). The number of benzene rings is 2. The highest BCUT2D eigenvalue weighted by atomic mass is 19.2. The van der Waals surface area contributed by atoms with Crippen LogP contribution in [0.25, 0.3) is 0 Å². The van der Waals surface area contributed by atoms with Gasteiger partial charge in [0.25, 0.3) is 0 Å². The second kappa shape index (κ2) is 7.19. The van der Waals surface area contributed by atoms with E-state index in [-0.39, 0.29) is 6.04 Å². The van der Waals surface area contributed by atoms with Gasteiger partial charge < -0.3 is 10.2 Å². The van der Waals surface area contributed by atoms with Gasteiger partial charge in [0.15, 0.2) is 11.6 Å². The number of nitrogens with one attached hydrogen (secondary N) is 1. The molecule has 1 N–H and O–H groups in total. The fourth-order valence-corrected chi connectivity index (χ4v) is 3.71. The SMILES string of the molecule is Cc1nc(Nc2ccc(F)c(F)c2)nc(N2CCc3ccccc3C2C)c1C. The Balaban J connectivity index is 1.69. The maximum Gasteiger partial charge on any atom is 0.229 e. The van der Waals surface area contributed by atoms with E-state index in [0.29, 0.717) is 11.6 Å². The third-order valence-corrected chi connectivity index (χ3v) is 5.41. The second-order valence-electron chi connectivity index (χ2n) is 7.15. The Kier molecular flexibility index (Phi) is 4.71. The molecule has 0 fully saturated rings. The van der Waals surface area contributed by atoms with Crippen LogP contribution in [0.1, 0.15) is 35.3 Å². The van der Waals surface area contributed by atoms with Crippen molar-refractivity contribution in [3.05, 3.63) is 76.5 Å². The first-order valence-corrected chi connectivity index (χ1v) is 9.36. The lowest BCUT2D eigenvalue weighted by molar-refractivity contribution is 0.509. The molecule has 1 aromatic heterocycles. The van der Waals surface area contributed by atoms with E-state index in [9.17, 15) is 8.78 Å². The highest BCUT2D eigenvalue weighted by Crippen LogP contribution is 2.35. The van der Waals surface area contributed by atoms with Crippen LogP contribution in [0.5, 0.6) is 0 Å². The molecular formula is C22H22F2N4. The smallest absolute Gasteiger partial charge is 0.229 e. The van der Waals surface area contributed by atoms with E-state index in [1.54, 1.807) is 0 Å². The summed E-state index contributed by atoms with van der Waals surface area (Å²) < 4.78 is 26.7. The molecule has 3 aromatic rings. The van der Waals surface area contributed by atoms with Crippen LogP contribution in [0.15, 0.2) is 42.5 Å². The van der Waals surface area contributed by atoms with Gasteiger partial charge in [-0.2, -0.15) is 4.98 Å². The third-order valence-electron chi connectivity index (χ3n) is 5.41. The van der Waals surface area contributed by atoms with E-state index in [1.807, 2.05) is 13.8 Å². The van der Waals surface area contributed by atoms with Crippen LogP contribution in [-0.4, -0.2) is 16.5 Å². The molecule has 28 heavy (non-hydrogen) atoms. The van der Waals surface area contributed by atoms with Crippen molar-refractivity contribution in [1.82, 2.24) is 9.97 Å². The van der Waals surface area contributed by atoms with Crippen molar-refractivity contribution in [1.29, 1.82) is 0 Å². The highest BCUT2D eigenvalue weighted by Gasteiger charge is 2.26. The summed E-state index contributed by atoms with van der Waals surface area (Å²) in [4.78, 5) is 11.5. The molecule has 2 aromatic carbocycles. The molecule has 0 bridgehead atoms. The zero-order valence-corrected chi connectivity index (χ0v) is 16.1. The molecule has 144 valence electrons. The zero-order valence-electron chi connectivity index (χ0n) is 16.1. The summed E-state index contributed by atoms with van der Waals surface area (Å²) in [6.45, 7) is 6.98. The molecular weight excluding hydrogens is 358 g/mol. The number of hydrogen-bond acceptors (Lipinski definition) is 4. The number of rotatable bonds is 3. The summed E-state index contributed by atoms with van der Waals surface area (Å²) in [5, 5.41) is 3.00. The monoisotopic (exact) mass is 380 g/mol. The predicted molar refractivity (Wildman–Crippen MR) is 107 cm³/mol. The van der Waals surface area contributed by atoms with E-state index in [4.69, 9.17) is 4.98 Å². The largest absolute Gasteiger partial charge is 0.349 e. The maximum atomic E-state index is 13.5. The van der Waals surface area contributed by atoms with Crippen LogP contribution in [0.2, 0.25) is 0 Å². The molecule has 0 saturated heterocycles. The van der Waals surface area contributed by atoms with Crippen molar-refractivity contribution < 1.29 is 8.78 Å². The molecule has 1 atom stereocenters. The number of anilines is 3. The first-order chi connectivity index (χ1) is 13.4. The normalized spacial score (nSPS) is 16.0. The quantitative estimate of drug-likeness (QED) is 0.675. The van der Waals surface area contributed by atoms with Crippen molar-refractivity contribution in [2.45, 2.75) is 33.2 Å². The van der Waals surface area contributed by atoms with Crippen molar-refractivity contribution in [2.75, 3.05) is 16.8 Å². The molecule has 0 spiro atoms. The minimum absolute atomic E-state index is 0.189. The standard InChI is InChI=1S/C22H22F2N4/c1-13-14(2)25-22(26-17-8-9-19(23)20(24)12-17)27-21(13)28-11-10-16-6-4-5-7-18(16)15(28)3/h4-9,12,15H,10-11H2,1-3H3,(H,25,26,27). The van der Waals surface area contributed by atoms with Crippen LogP contribution in [0.3, 0.4) is 0 Å². The lowest BCUT2D eigenvalue weighted by atomic mass is 9.93. The highest BCUT2D eigenvalue weighted by molar-refractivity contribution is 5.59. The van der Waals surface area contributed by atoms with Gasteiger partial charge in [-0.1, -0.05) is 24.3 Å². The van der Waals surface area contributed by atoms with E-state index in [1.165, 1.54) is 17.2 Å². The molecule has 1 aliphatic heterocycles. The predicted octanol–water partition coefficient (Wildman–Crippen LogP) is 5.24. The summed E-state index contributed by atoms with van der Waals surface area (Å²) in [6.07, 6.45) is 0.953. The first kappa shape index (κ1) is 18.3. The summed E-state index contributed by atoms with van der Waals surface area (Å²) in [5.41, 5.74) is 4.95. The molecule has 0 saturated carbocycles. The Labute approximate surface area is 163 Å². The third kappa shape index (κ3) is 3.30. The van der Waals surface area contributed by atoms with Crippen LogP contribution >= 0.6 is 0 Å². The zero-order chi connectivity index (χ0) is 19.8. The molecule has 0 radical (unpaired) electrons. The Morgan fingerprint density at radius 1 is 1.04 bits per heavy atom. The molecule has 2 heterocycles. The number of aryl methyl sites for hydroxylation is 1. The summed E-state index contributed by atoms with van der Waals surface area (Å²) in [5.74, 6) is -0.557. The number of aromatic nitrogens is 2. The van der Waals surface area contributed by atoms with Gasteiger partial charge in [-0.3, -0.25) is 0 Å². The van der Waals surface area contributed by atoms with Crippen LogP contribution < -0.4 is 10.2 Å². The Bertz CT molecular complexity index is 1040. The number of hydrogen-bond donors (Lipinski definition) is 1. The average Bonchev–Trinajstić information content (AvgIpc) is 2.68. The maximum absolute atomic E-state index is 13.5. The molecule has 1 aliphatic rings. The molecule has 0 aliphatic carbocycles. The summed E-state index contributed by atoms with van der Waals surface area (Å²) in [7, 11) is 0. The van der Waals surface area contributed by atoms with E-state index in [0.717, 1.165) is 42.2 Å². The molecule has 6 heteroatoms. The fourth-order valence-electron chi connectivity index (χ4n) is 3.71. The summed E-state index contributed by atoms with van der Waals surface area (Å²) in [6, 6.07) is 12.3. The average molecular weight is 380 g/mol. The van der Waals surface area contributed by atoms with Gasteiger partial charge in [0, 0.05) is 29.6 Å². The Morgan fingerprint density at radius 3 is 2.61 bits per heavy atom. The van der Waals surface area contributed by atoms with Crippen LogP contribution in [0.4, 0.5) is 26.2 Å². The number of nitrogens with zero attached hydrogens (tertiary/aromatic N) is 3. The second-order valence-corrected chi connectivity index (χ2v) is 7.15. The first-order valence-electron chi connectivity index (χ1n) is 9.36. The molecule has 4 nitrogen and oxygen atoms in total. The van der Waals surface area contributed by atoms with E-state index in [2.05, 4.69) is 46.4 Å². The van der Waals surface area contributed by atoms with Crippen LogP contribution in [-0.2, 0) is 6.42 Å². The lowest BCUT2D eigenvalue weighted by Gasteiger charge is -2.37. The molecule has 1 unspecified atom stereocenters. The van der Waals surface area contributed by atoms with Gasteiger partial charge in [0.1, 0.15) is 5.82 Å². The number of halogens is 2. The van der Waals surface area contributed by atoms with Gasteiger partial charge in [-0.25, -0.2) is 13.8 Å². The lowest BCUT2D eigenvalue weighted by Crippen LogP contribution is -2.35. The Morgan fingerprint density at radius 2 is 1.82 bits per heavy atom. The minimum atomic E-state index is -0.907.